The van der Waals surface area contributed by atoms with E-state index in [1.807, 2.05) is 6.92 Å². The topological polar surface area (TPSA) is 75.6 Å². The number of benzene rings is 2. The fraction of sp³-hybridized carbons (Fsp3) is 0.280. The van der Waals surface area contributed by atoms with Gasteiger partial charge in [0.1, 0.15) is 5.82 Å². The van der Waals surface area contributed by atoms with Crippen LogP contribution in [-0.2, 0) is 30.6 Å². The molecule has 166 valence electrons. The van der Waals surface area contributed by atoms with Crippen LogP contribution in [0.3, 0.4) is 0 Å². The van der Waals surface area contributed by atoms with Gasteiger partial charge in [0.2, 0.25) is 0 Å². The van der Waals surface area contributed by atoms with Crippen molar-refractivity contribution in [3.8, 4) is 0 Å². The van der Waals surface area contributed by atoms with Gasteiger partial charge in [-0.15, -0.1) is 11.3 Å². The molecule has 2 heterocycles. The van der Waals surface area contributed by atoms with Crippen molar-refractivity contribution in [3.05, 3.63) is 91.9 Å². The predicted octanol–water partition coefficient (Wildman–Crippen LogP) is 4.93. The maximum absolute atomic E-state index is 13.3. The minimum Gasteiger partial charge on any atom is -0.478 e. The summed E-state index contributed by atoms with van der Waals surface area (Å²) >= 11 is 1.62. The number of aromatic carboxylic acids is 1. The van der Waals surface area contributed by atoms with Gasteiger partial charge < -0.3 is 15.2 Å². The zero-order valence-electron chi connectivity index (χ0n) is 17.7. The Labute approximate surface area is 189 Å². The molecular weight excluding hydrogens is 429 g/mol. The Balaban J connectivity index is 1.54. The highest BCUT2D eigenvalue weighted by atomic mass is 32.1. The maximum atomic E-state index is 13.3. The first kappa shape index (κ1) is 22.2. The molecule has 2 aromatic carbocycles. The summed E-state index contributed by atoms with van der Waals surface area (Å²) in [4.78, 5) is 26.5. The van der Waals surface area contributed by atoms with Gasteiger partial charge in [-0.25, -0.2) is 9.18 Å². The van der Waals surface area contributed by atoms with Crippen LogP contribution in [0.5, 0.6) is 0 Å². The summed E-state index contributed by atoms with van der Waals surface area (Å²) in [6.45, 7) is 2.99. The largest absolute Gasteiger partial charge is 0.478 e. The van der Waals surface area contributed by atoms with E-state index < -0.39 is 5.97 Å². The van der Waals surface area contributed by atoms with Crippen LogP contribution in [0.1, 0.15) is 60.1 Å². The zero-order chi connectivity index (χ0) is 22.7. The minimum absolute atomic E-state index is 0.131. The van der Waals surface area contributed by atoms with Gasteiger partial charge in [0.15, 0.2) is 0 Å². The van der Waals surface area contributed by atoms with Gasteiger partial charge in [-0.3, -0.25) is 4.79 Å². The van der Waals surface area contributed by atoms with Gasteiger partial charge in [0, 0.05) is 9.75 Å². The van der Waals surface area contributed by atoms with Crippen molar-refractivity contribution in [1.29, 1.82) is 0 Å². The van der Waals surface area contributed by atoms with Crippen LogP contribution in [0.2, 0.25) is 0 Å². The molecule has 1 unspecified atom stereocenters. The fourth-order valence-corrected chi connectivity index (χ4v) is 5.19. The van der Waals surface area contributed by atoms with Gasteiger partial charge in [-0.1, -0.05) is 24.3 Å². The second-order valence-electron chi connectivity index (χ2n) is 7.85. The minimum atomic E-state index is -0.980. The molecule has 1 atom stereocenters. The lowest BCUT2D eigenvalue weighted by molar-refractivity contribution is 0.0696. The Morgan fingerprint density at radius 2 is 1.84 bits per heavy atom. The van der Waals surface area contributed by atoms with Crippen LogP contribution < -0.4 is 5.32 Å². The summed E-state index contributed by atoms with van der Waals surface area (Å²) in [5, 5.41) is 12.2. The van der Waals surface area contributed by atoms with Crippen LogP contribution in [0.4, 0.5) is 4.39 Å². The Kier molecular flexibility index (Phi) is 6.67. The summed E-state index contributed by atoms with van der Waals surface area (Å²) in [5.41, 5.74) is 3.85. The number of rotatable bonds is 7. The number of thiophene rings is 1. The number of hydrogen-bond acceptors (Lipinski definition) is 4. The molecule has 1 aliphatic heterocycles. The summed E-state index contributed by atoms with van der Waals surface area (Å²) in [7, 11) is 0. The summed E-state index contributed by atoms with van der Waals surface area (Å²) in [5.74, 6) is -1.37. The lowest BCUT2D eigenvalue weighted by atomic mass is 9.99. The van der Waals surface area contributed by atoms with Crippen LogP contribution in [0.25, 0.3) is 0 Å². The number of fused-ring (bicyclic) bond motifs is 1. The van der Waals surface area contributed by atoms with Crippen LogP contribution in [0, 0.1) is 5.82 Å². The number of carbonyl (C=O) groups excluding carboxylic acids is 1. The Morgan fingerprint density at radius 3 is 2.53 bits per heavy atom. The van der Waals surface area contributed by atoms with Crippen molar-refractivity contribution in [2.75, 3.05) is 6.61 Å². The van der Waals surface area contributed by atoms with E-state index in [1.165, 1.54) is 24.3 Å². The standard InChI is InChI=1S/C25H24FNO4S/c1-15(17-5-7-18(8-6-17)25(29)30)27-24(28)23-20-12-13-31-14-22(20)32-21(23)11-4-16-2-9-19(26)10-3-16/h2-3,5-10,15H,4,11-14H2,1H3,(H,27,28)(H,29,30). The number of ether oxygens (including phenoxy) is 1. The van der Waals surface area contributed by atoms with E-state index in [-0.39, 0.29) is 23.3 Å². The lowest BCUT2D eigenvalue weighted by Crippen LogP contribution is -2.28. The SMILES string of the molecule is CC(NC(=O)c1c(CCc2ccc(F)cc2)sc2c1CCOC2)c1ccc(C(=O)O)cc1. The third kappa shape index (κ3) is 4.89. The first-order valence-corrected chi connectivity index (χ1v) is 11.3. The van der Waals surface area contributed by atoms with E-state index in [2.05, 4.69) is 5.32 Å². The number of halogens is 1. The predicted molar refractivity (Wildman–Crippen MR) is 121 cm³/mol. The first-order valence-electron chi connectivity index (χ1n) is 10.5. The molecule has 0 aliphatic carbocycles. The molecule has 32 heavy (non-hydrogen) atoms. The van der Waals surface area contributed by atoms with Crippen molar-refractivity contribution in [2.45, 2.75) is 38.8 Å². The van der Waals surface area contributed by atoms with Gasteiger partial charge in [-0.2, -0.15) is 0 Å². The molecule has 1 aliphatic rings. The highest BCUT2D eigenvalue weighted by Crippen LogP contribution is 2.34. The Hall–Kier alpha value is -3.03. The molecule has 0 bridgehead atoms. The summed E-state index contributed by atoms with van der Waals surface area (Å²) in [6, 6.07) is 12.7. The van der Waals surface area contributed by atoms with E-state index in [0.717, 1.165) is 32.0 Å². The van der Waals surface area contributed by atoms with Crippen molar-refractivity contribution in [1.82, 2.24) is 5.32 Å². The second-order valence-corrected chi connectivity index (χ2v) is 9.04. The highest BCUT2D eigenvalue weighted by molar-refractivity contribution is 7.12. The molecule has 5 nitrogen and oxygen atoms in total. The molecule has 1 aromatic heterocycles. The van der Waals surface area contributed by atoms with Gasteiger partial charge in [0.25, 0.3) is 5.91 Å². The number of carbonyl (C=O) groups is 2. The average Bonchev–Trinajstić information content (AvgIpc) is 3.17. The molecule has 0 radical (unpaired) electrons. The highest BCUT2D eigenvalue weighted by Gasteiger charge is 2.26. The van der Waals surface area contributed by atoms with Crippen molar-refractivity contribution < 1.29 is 23.8 Å². The van der Waals surface area contributed by atoms with Crippen LogP contribution >= 0.6 is 11.3 Å². The number of amides is 1. The molecule has 0 fully saturated rings. The molecule has 7 heteroatoms. The second kappa shape index (κ2) is 9.63. The van der Waals surface area contributed by atoms with Crippen LogP contribution in [-0.4, -0.2) is 23.6 Å². The molecule has 4 rings (SSSR count). The molecule has 0 spiro atoms. The summed E-state index contributed by atoms with van der Waals surface area (Å²) < 4.78 is 18.8. The van der Waals surface area contributed by atoms with Crippen molar-refractivity contribution in [3.63, 3.8) is 0 Å². The van der Waals surface area contributed by atoms with Crippen molar-refractivity contribution in [2.24, 2.45) is 0 Å². The van der Waals surface area contributed by atoms with Gasteiger partial charge in [0.05, 0.1) is 30.4 Å². The summed E-state index contributed by atoms with van der Waals surface area (Å²) in [6.07, 6.45) is 2.10. The number of carboxylic acid groups (broad SMARTS) is 1. The average molecular weight is 454 g/mol. The lowest BCUT2D eigenvalue weighted by Gasteiger charge is -2.17. The van der Waals surface area contributed by atoms with E-state index in [0.29, 0.717) is 32.5 Å². The third-order valence-electron chi connectivity index (χ3n) is 5.68. The van der Waals surface area contributed by atoms with Crippen molar-refractivity contribution >= 4 is 23.2 Å². The molecule has 0 saturated heterocycles. The normalized spacial score (nSPS) is 13.9. The Bertz CT molecular complexity index is 1120. The number of carboxylic acids is 1. The monoisotopic (exact) mass is 453 g/mol. The molecule has 3 aromatic rings. The third-order valence-corrected chi connectivity index (χ3v) is 6.94. The van der Waals surface area contributed by atoms with E-state index >= 15 is 0 Å². The molecule has 0 saturated carbocycles. The van der Waals surface area contributed by atoms with Crippen LogP contribution in [0.15, 0.2) is 48.5 Å². The molecule has 2 N–H and O–H groups in total. The smallest absolute Gasteiger partial charge is 0.335 e. The number of nitrogens with one attached hydrogen (secondary N) is 1. The van der Waals surface area contributed by atoms with E-state index in [4.69, 9.17) is 9.84 Å². The zero-order valence-corrected chi connectivity index (χ0v) is 18.5. The molecule has 1 amide bonds. The quantitative estimate of drug-likeness (QED) is 0.532. The van der Waals surface area contributed by atoms with Gasteiger partial charge >= 0.3 is 5.97 Å². The Morgan fingerprint density at radius 1 is 1.12 bits per heavy atom. The fourth-order valence-electron chi connectivity index (χ4n) is 3.90. The van der Waals surface area contributed by atoms with E-state index in [9.17, 15) is 14.0 Å². The van der Waals surface area contributed by atoms with Gasteiger partial charge in [-0.05, 0) is 67.1 Å². The number of aryl methyl sites for hydroxylation is 2. The van der Waals surface area contributed by atoms with E-state index in [1.54, 1.807) is 35.6 Å². The number of hydrogen-bond donors (Lipinski definition) is 2. The molecular formula is C25H24FNO4S. The maximum Gasteiger partial charge on any atom is 0.335 e. The first-order chi connectivity index (χ1) is 15.4.